The number of carbonyl (C=O) groups excluding carboxylic acids is 3. The molecule has 0 unspecified atom stereocenters. The minimum absolute atomic E-state index is 0.0672. The molecule has 3 N–H and O–H groups in total. The highest BCUT2D eigenvalue weighted by atomic mass is 19.1. The van der Waals surface area contributed by atoms with Gasteiger partial charge in [0.25, 0.3) is 0 Å². The molecule has 12 heteroatoms. The molecule has 1 aliphatic heterocycles. The number of amides is 4. The van der Waals surface area contributed by atoms with Gasteiger partial charge in [-0.05, 0) is 76.2 Å². The number of urea groups is 1. The van der Waals surface area contributed by atoms with Crippen molar-refractivity contribution >= 4 is 35.0 Å². The molecular formula is C29H32FN7O4. The Morgan fingerprint density at radius 2 is 1.73 bits per heavy atom. The lowest BCUT2D eigenvalue weighted by Crippen LogP contribution is -2.46. The monoisotopic (exact) mass is 561 g/mol. The molecule has 5 rings (SSSR count). The van der Waals surface area contributed by atoms with Crippen LogP contribution in [0, 0.1) is 11.2 Å². The summed E-state index contributed by atoms with van der Waals surface area (Å²) in [7, 11) is 3.84. The summed E-state index contributed by atoms with van der Waals surface area (Å²) in [6.45, 7) is 1.87. The maximum atomic E-state index is 14.9. The maximum absolute atomic E-state index is 14.9. The molecule has 1 aliphatic carbocycles. The van der Waals surface area contributed by atoms with Crippen LogP contribution < -0.4 is 20.7 Å². The minimum atomic E-state index is -1.25. The Kier molecular flexibility index (Phi) is 8.11. The Balaban J connectivity index is 1.18. The van der Waals surface area contributed by atoms with E-state index in [1.807, 2.05) is 0 Å². The molecule has 0 spiro atoms. The number of pyridine rings is 2. The normalized spacial score (nSPS) is 16.4. The molecule has 2 fully saturated rings. The van der Waals surface area contributed by atoms with Crippen molar-refractivity contribution in [2.24, 2.45) is 5.41 Å². The molecule has 3 aromatic rings. The van der Waals surface area contributed by atoms with Gasteiger partial charge < -0.3 is 25.2 Å². The number of likely N-dealkylation sites (tertiary alicyclic amines) is 1. The molecule has 3 heterocycles. The predicted octanol–water partition coefficient (Wildman–Crippen LogP) is 4.32. The lowest BCUT2D eigenvalue weighted by molar-refractivity contribution is -0.131. The molecular weight excluding hydrogens is 529 g/mol. The van der Waals surface area contributed by atoms with Gasteiger partial charge in [-0.3, -0.25) is 19.9 Å². The lowest BCUT2D eigenvalue weighted by Gasteiger charge is -2.34. The number of hydrogen-bond donors (Lipinski definition) is 3. The zero-order chi connectivity index (χ0) is 29.0. The molecule has 0 atom stereocenters. The summed E-state index contributed by atoms with van der Waals surface area (Å²) in [6.07, 6.45) is 7.08. The molecule has 2 aliphatic rings. The van der Waals surface area contributed by atoms with E-state index in [0.29, 0.717) is 30.1 Å². The van der Waals surface area contributed by atoms with Crippen LogP contribution in [0.25, 0.3) is 0 Å². The van der Waals surface area contributed by atoms with Crippen LogP contribution in [0.15, 0.2) is 61.1 Å². The largest absolute Gasteiger partial charge is 0.457 e. The van der Waals surface area contributed by atoms with Crippen molar-refractivity contribution in [3.63, 3.8) is 0 Å². The summed E-state index contributed by atoms with van der Waals surface area (Å²) in [6, 6.07) is 10.4. The number of carbonyl (C=O) groups is 3. The van der Waals surface area contributed by atoms with Gasteiger partial charge in [0.15, 0.2) is 0 Å². The predicted molar refractivity (Wildman–Crippen MR) is 151 cm³/mol. The van der Waals surface area contributed by atoms with E-state index in [-0.39, 0.29) is 23.5 Å². The highest BCUT2D eigenvalue weighted by Crippen LogP contribution is 2.47. The second kappa shape index (κ2) is 11.9. The average Bonchev–Trinajstić information content (AvgIpc) is 3.78. The molecule has 11 nitrogen and oxygen atoms in total. The topological polar surface area (TPSA) is 129 Å². The number of ether oxygens (including phenoxy) is 1. The first-order valence-electron chi connectivity index (χ1n) is 13.4. The van der Waals surface area contributed by atoms with Gasteiger partial charge in [0, 0.05) is 37.6 Å². The SMILES string of the molecule is CN1CCC(N(C)C(=O)Nc2cc(Oc3ccc(NC(=O)C4(C(=O)Nc5cccnc5)CC4)c(F)c3)ccn2)CC1. The Morgan fingerprint density at radius 1 is 1.00 bits per heavy atom. The lowest BCUT2D eigenvalue weighted by atomic mass is 10.0. The second-order valence-electron chi connectivity index (χ2n) is 10.4. The number of piperidine rings is 1. The van der Waals surface area contributed by atoms with Gasteiger partial charge in [0.1, 0.15) is 28.5 Å². The molecule has 2 aromatic heterocycles. The number of nitrogens with one attached hydrogen (secondary N) is 3. The van der Waals surface area contributed by atoms with E-state index < -0.39 is 23.0 Å². The molecule has 41 heavy (non-hydrogen) atoms. The van der Waals surface area contributed by atoms with Gasteiger partial charge in [-0.2, -0.15) is 0 Å². The Bertz CT molecular complexity index is 1430. The van der Waals surface area contributed by atoms with E-state index in [2.05, 4.69) is 37.9 Å². The van der Waals surface area contributed by atoms with Crippen molar-refractivity contribution < 1.29 is 23.5 Å². The molecule has 214 valence electrons. The van der Waals surface area contributed by atoms with Crippen molar-refractivity contribution in [3.8, 4) is 11.5 Å². The van der Waals surface area contributed by atoms with Crippen LogP contribution in [-0.4, -0.2) is 70.8 Å². The quantitative estimate of drug-likeness (QED) is 0.349. The highest BCUT2D eigenvalue weighted by Gasteiger charge is 2.56. The number of nitrogens with zero attached hydrogens (tertiary/aromatic N) is 4. The van der Waals surface area contributed by atoms with Gasteiger partial charge >= 0.3 is 6.03 Å². The van der Waals surface area contributed by atoms with E-state index in [4.69, 9.17) is 4.74 Å². The van der Waals surface area contributed by atoms with E-state index >= 15 is 0 Å². The summed E-state index contributed by atoms with van der Waals surface area (Å²) < 4.78 is 20.7. The van der Waals surface area contributed by atoms with Crippen LogP contribution in [0.2, 0.25) is 0 Å². The van der Waals surface area contributed by atoms with Crippen molar-refractivity contribution in [2.45, 2.75) is 31.7 Å². The average molecular weight is 562 g/mol. The third-order valence-corrected chi connectivity index (χ3v) is 7.49. The Morgan fingerprint density at radius 3 is 2.41 bits per heavy atom. The second-order valence-corrected chi connectivity index (χ2v) is 10.4. The fourth-order valence-electron chi connectivity index (χ4n) is 4.70. The third kappa shape index (κ3) is 6.60. The van der Waals surface area contributed by atoms with Crippen LogP contribution in [0.5, 0.6) is 11.5 Å². The highest BCUT2D eigenvalue weighted by molar-refractivity contribution is 6.16. The summed E-state index contributed by atoms with van der Waals surface area (Å²) in [5, 5.41) is 8.01. The number of benzene rings is 1. The Labute approximate surface area is 237 Å². The zero-order valence-electron chi connectivity index (χ0n) is 22.9. The first kappa shape index (κ1) is 28.0. The fourth-order valence-corrected chi connectivity index (χ4v) is 4.70. The molecule has 1 saturated heterocycles. The summed E-state index contributed by atoms with van der Waals surface area (Å²) in [4.78, 5) is 50.5. The van der Waals surface area contributed by atoms with E-state index in [9.17, 15) is 18.8 Å². The van der Waals surface area contributed by atoms with Gasteiger partial charge in [0.05, 0.1) is 17.6 Å². The van der Waals surface area contributed by atoms with Crippen LogP contribution in [0.1, 0.15) is 25.7 Å². The number of halogens is 1. The minimum Gasteiger partial charge on any atom is -0.457 e. The fraction of sp³-hybridized carbons (Fsp3) is 0.345. The Hall–Kier alpha value is -4.58. The summed E-state index contributed by atoms with van der Waals surface area (Å²) in [5.74, 6) is -0.925. The van der Waals surface area contributed by atoms with Crippen LogP contribution in [0.3, 0.4) is 0 Å². The summed E-state index contributed by atoms with van der Waals surface area (Å²) in [5.41, 5.74) is -0.841. The standard InChI is InChI=1S/C29H32FN7O4/c1-36-14-8-20(9-15-36)37(2)28(40)35-25-17-22(7-13-32-25)41-21-5-6-24(23(30)16-21)34-27(39)29(10-11-29)26(38)33-19-4-3-12-31-18-19/h3-7,12-13,16-18,20H,8-11,14-15H2,1-2H3,(H,33,38)(H,34,39)(H,32,35,40). The van der Waals surface area contributed by atoms with Crippen LogP contribution in [-0.2, 0) is 9.59 Å². The van der Waals surface area contributed by atoms with Gasteiger partial charge in [-0.1, -0.05) is 0 Å². The zero-order valence-corrected chi connectivity index (χ0v) is 22.9. The van der Waals surface area contributed by atoms with Crippen LogP contribution >= 0.6 is 0 Å². The first-order valence-corrected chi connectivity index (χ1v) is 13.4. The third-order valence-electron chi connectivity index (χ3n) is 7.49. The maximum Gasteiger partial charge on any atom is 0.323 e. The molecule has 0 radical (unpaired) electrons. The molecule has 1 aromatic carbocycles. The van der Waals surface area contributed by atoms with E-state index in [1.54, 1.807) is 42.4 Å². The van der Waals surface area contributed by atoms with Gasteiger partial charge in [-0.15, -0.1) is 0 Å². The van der Waals surface area contributed by atoms with Crippen molar-refractivity contribution in [2.75, 3.05) is 43.1 Å². The van der Waals surface area contributed by atoms with Gasteiger partial charge in [0.2, 0.25) is 11.8 Å². The number of hydrogen-bond acceptors (Lipinski definition) is 7. The number of rotatable bonds is 8. The van der Waals surface area contributed by atoms with E-state index in [1.165, 1.54) is 24.5 Å². The van der Waals surface area contributed by atoms with Gasteiger partial charge in [-0.25, -0.2) is 14.2 Å². The first-order chi connectivity index (χ1) is 19.7. The summed E-state index contributed by atoms with van der Waals surface area (Å²) >= 11 is 0. The smallest absolute Gasteiger partial charge is 0.323 e. The molecule has 0 bridgehead atoms. The number of anilines is 3. The van der Waals surface area contributed by atoms with Crippen molar-refractivity contribution in [1.82, 2.24) is 19.8 Å². The van der Waals surface area contributed by atoms with Crippen molar-refractivity contribution in [3.05, 3.63) is 66.9 Å². The van der Waals surface area contributed by atoms with E-state index in [0.717, 1.165) is 32.0 Å². The van der Waals surface area contributed by atoms with Crippen molar-refractivity contribution in [1.29, 1.82) is 0 Å². The van der Waals surface area contributed by atoms with Crippen LogP contribution in [0.4, 0.5) is 26.4 Å². The molecule has 4 amide bonds. The number of aromatic nitrogens is 2. The molecule has 1 saturated carbocycles.